The van der Waals surface area contributed by atoms with Crippen LogP contribution in [-0.2, 0) is 19.1 Å². The van der Waals surface area contributed by atoms with E-state index in [0.29, 0.717) is 16.3 Å². The predicted octanol–water partition coefficient (Wildman–Crippen LogP) is 3.76. The molecule has 2 atom stereocenters. The number of hydrogen-bond donors (Lipinski definition) is 2. The molecule has 164 valence electrons. The van der Waals surface area contributed by atoms with Crippen LogP contribution in [0, 0.1) is 24.2 Å². The summed E-state index contributed by atoms with van der Waals surface area (Å²) in [5.41, 5.74) is 2.29. The topological polar surface area (TPSA) is 108 Å². The highest BCUT2D eigenvalue weighted by atomic mass is 35.5. The zero-order valence-electron chi connectivity index (χ0n) is 17.3. The highest BCUT2D eigenvalue weighted by Crippen LogP contribution is 2.40. The Morgan fingerprint density at radius 1 is 1.22 bits per heavy atom. The Morgan fingerprint density at radius 3 is 2.53 bits per heavy atom. The van der Waals surface area contributed by atoms with Crippen molar-refractivity contribution in [2.75, 3.05) is 18.2 Å². The average Bonchev–Trinajstić information content (AvgIpc) is 2.78. The Kier molecular flexibility index (Phi) is 7.57. The molecule has 32 heavy (non-hydrogen) atoms. The second-order valence-corrected chi connectivity index (χ2v) is 8.44. The number of ether oxygens (including phenoxy) is 1. The maximum atomic E-state index is 12.8. The van der Waals surface area contributed by atoms with E-state index in [0.717, 1.165) is 17.3 Å². The van der Waals surface area contributed by atoms with Crippen molar-refractivity contribution in [3.63, 3.8) is 0 Å². The van der Waals surface area contributed by atoms with Crippen molar-refractivity contribution in [2.45, 2.75) is 12.8 Å². The van der Waals surface area contributed by atoms with Crippen LogP contribution in [0.4, 0.5) is 5.69 Å². The number of carbonyl (C=O) groups is 3. The zero-order chi connectivity index (χ0) is 23.3. The van der Waals surface area contributed by atoms with Crippen LogP contribution >= 0.6 is 23.4 Å². The van der Waals surface area contributed by atoms with Crippen molar-refractivity contribution in [3.05, 3.63) is 75.3 Å². The van der Waals surface area contributed by atoms with E-state index >= 15 is 0 Å². The van der Waals surface area contributed by atoms with Crippen LogP contribution in [-0.4, -0.2) is 30.6 Å². The van der Waals surface area contributed by atoms with Gasteiger partial charge in [0, 0.05) is 5.92 Å². The average molecular weight is 470 g/mol. The van der Waals surface area contributed by atoms with Gasteiger partial charge in [-0.05, 0) is 24.6 Å². The normalized spacial score (nSPS) is 17.9. The first-order valence-electron chi connectivity index (χ1n) is 9.62. The van der Waals surface area contributed by atoms with Gasteiger partial charge in [0.25, 0.3) is 0 Å². The van der Waals surface area contributed by atoms with Crippen LogP contribution in [0.5, 0.6) is 0 Å². The molecular weight excluding hydrogens is 450 g/mol. The number of allylic oxidation sites excluding steroid dienone is 1. The number of carbonyl (C=O) groups excluding carboxylic acids is 3. The van der Waals surface area contributed by atoms with Crippen molar-refractivity contribution in [1.29, 1.82) is 5.26 Å². The summed E-state index contributed by atoms with van der Waals surface area (Å²) in [6, 6.07) is 16.2. The van der Waals surface area contributed by atoms with E-state index < -0.39 is 23.7 Å². The van der Waals surface area contributed by atoms with E-state index in [1.807, 2.05) is 19.1 Å². The van der Waals surface area contributed by atoms with Gasteiger partial charge in [-0.2, -0.15) is 5.26 Å². The minimum absolute atomic E-state index is 0.0739. The first-order chi connectivity index (χ1) is 15.3. The minimum Gasteiger partial charge on any atom is -0.468 e. The van der Waals surface area contributed by atoms with Crippen LogP contribution in [0.2, 0.25) is 5.02 Å². The lowest BCUT2D eigenvalue weighted by molar-refractivity contribution is -0.150. The molecule has 2 amide bonds. The molecule has 9 heteroatoms. The number of thioether (sulfide) groups is 1. The van der Waals surface area contributed by atoms with Gasteiger partial charge in [-0.3, -0.25) is 14.4 Å². The number of aryl methyl sites for hydroxylation is 1. The number of anilines is 1. The van der Waals surface area contributed by atoms with Crippen LogP contribution in [0.15, 0.2) is 59.1 Å². The van der Waals surface area contributed by atoms with Crippen LogP contribution in [0.25, 0.3) is 0 Å². The maximum absolute atomic E-state index is 12.8. The molecule has 2 N–H and O–H groups in total. The van der Waals surface area contributed by atoms with Crippen molar-refractivity contribution >= 4 is 46.8 Å². The van der Waals surface area contributed by atoms with Gasteiger partial charge < -0.3 is 15.4 Å². The van der Waals surface area contributed by atoms with Gasteiger partial charge in [0.2, 0.25) is 11.8 Å². The largest absolute Gasteiger partial charge is 0.468 e. The van der Waals surface area contributed by atoms with E-state index in [1.54, 1.807) is 36.4 Å². The molecule has 0 unspecified atom stereocenters. The van der Waals surface area contributed by atoms with Crippen molar-refractivity contribution in [1.82, 2.24) is 5.32 Å². The fourth-order valence-corrected chi connectivity index (χ4v) is 4.37. The van der Waals surface area contributed by atoms with Crippen LogP contribution < -0.4 is 10.6 Å². The smallest absolute Gasteiger partial charge is 0.319 e. The molecule has 1 heterocycles. The van der Waals surface area contributed by atoms with E-state index in [-0.39, 0.29) is 22.3 Å². The number of nitriles is 1. The summed E-state index contributed by atoms with van der Waals surface area (Å²) in [7, 11) is 1.20. The zero-order valence-corrected chi connectivity index (χ0v) is 18.9. The van der Waals surface area contributed by atoms with Gasteiger partial charge >= 0.3 is 5.97 Å². The molecule has 2 aromatic rings. The fraction of sp³-hybridized carbons (Fsp3) is 0.217. The summed E-state index contributed by atoms with van der Waals surface area (Å²) in [4.78, 5) is 37.6. The summed E-state index contributed by atoms with van der Waals surface area (Å²) in [5, 5.41) is 15.8. The van der Waals surface area contributed by atoms with Gasteiger partial charge in [0.05, 0.1) is 40.2 Å². The van der Waals surface area contributed by atoms with Crippen molar-refractivity contribution < 1.29 is 19.1 Å². The number of nitrogens with one attached hydrogen (secondary N) is 2. The third-order valence-electron chi connectivity index (χ3n) is 4.92. The SMILES string of the molecule is COC(=O)[C@H]1C(=O)NC(SCC(=O)Nc2ccccc2Cl)=C(C#N)[C@H]1c1ccc(C)cc1. The molecule has 7 nitrogen and oxygen atoms in total. The van der Waals surface area contributed by atoms with Gasteiger partial charge in [0.15, 0.2) is 0 Å². The number of halogens is 1. The Labute approximate surface area is 194 Å². The van der Waals surface area contributed by atoms with Gasteiger partial charge in [-0.15, -0.1) is 0 Å². The van der Waals surface area contributed by atoms with E-state index in [1.165, 1.54) is 7.11 Å². The number of hydrogen-bond acceptors (Lipinski definition) is 6. The molecule has 0 saturated carbocycles. The Morgan fingerprint density at radius 2 is 1.91 bits per heavy atom. The van der Waals surface area contributed by atoms with Crippen molar-refractivity contribution in [2.24, 2.45) is 5.92 Å². The molecule has 0 fully saturated rings. The van der Waals surface area contributed by atoms with E-state index in [2.05, 4.69) is 16.7 Å². The lowest BCUT2D eigenvalue weighted by Crippen LogP contribution is -2.44. The second kappa shape index (κ2) is 10.4. The molecule has 0 saturated heterocycles. The second-order valence-electron chi connectivity index (χ2n) is 7.05. The highest BCUT2D eigenvalue weighted by molar-refractivity contribution is 8.03. The summed E-state index contributed by atoms with van der Waals surface area (Å²) in [6.45, 7) is 1.91. The molecule has 0 radical (unpaired) electrons. The maximum Gasteiger partial charge on any atom is 0.319 e. The predicted molar refractivity (Wildman–Crippen MR) is 123 cm³/mol. The molecule has 2 aromatic carbocycles. The molecule has 0 aromatic heterocycles. The molecular formula is C23H20ClN3O4S. The lowest BCUT2D eigenvalue weighted by atomic mass is 9.78. The quantitative estimate of drug-likeness (QED) is 0.492. The minimum atomic E-state index is -1.21. The number of methoxy groups -OCH3 is 1. The Bertz CT molecular complexity index is 1120. The molecule has 1 aliphatic heterocycles. The highest BCUT2D eigenvalue weighted by Gasteiger charge is 2.44. The third-order valence-corrected chi connectivity index (χ3v) is 6.26. The van der Waals surface area contributed by atoms with Crippen LogP contribution in [0.1, 0.15) is 17.0 Å². The van der Waals surface area contributed by atoms with E-state index in [4.69, 9.17) is 16.3 Å². The molecule has 0 bridgehead atoms. The standard InChI is InChI=1S/C23H20ClN3O4S/c1-13-7-9-14(10-8-13)19-15(11-25)22(27-21(29)20(19)23(30)31-2)32-12-18(28)26-17-6-4-3-5-16(17)24/h3-10,19-20H,12H2,1-2H3,(H,26,28)(H,27,29)/t19-,20-/m1/s1. The first kappa shape index (κ1) is 23.4. The fourth-order valence-electron chi connectivity index (χ4n) is 3.34. The molecule has 3 rings (SSSR count). The number of benzene rings is 2. The Hall–Kier alpha value is -3.28. The molecule has 0 aliphatic carbocycles. The van der Waals surface area contributed by atoms with Gasteiger partial charge in [-0.25, -0.2) is 0 Å². The number of rotatable bonds is 6. The molecule has 1 aliphatic rings. The number of amides is 2. The number of esters is 1. The summed E-state index contributed by atoms with van der Waals surface area (Å²) in [5.74, 6) is -3.79. The third kappa shape index (κ3) is 5.13. The summed E-state index contributed by atoms with van der Waals surface area (Å²) >= 11 is 7.07. The molecule has 0 spiro atoms. The van der Waals surface area contributed by atoms with Crippen molar-refractivity contribution in [3.8, 4) is 6.07 Å². The van der Waals surface area contributed by atoms with Gasteiger partial charge in [-0.1, -0.05) is 65.3 Å². The first-order valence-corrected chi connectivity index (χ1v) is 11.0. The summed E-state index contributed by atoms with van der Waals surface area (Å²) in [6.07, 6.45) is 0. The lowest BCUT2D eigenvalue weighted by Gasteiger charge is -2.31. The number of para-hydroxylation sites is 1. The van der Waals surface area contributed by atoms with Gasteiger partial charge in [0.1, 0.15) is 5.92 Å². The summed E-state index contributed by atoms with van der Waals surface area (Å²) < 4.78 is 4.82. The monoisotopic (exact) mass is 469 g/mol. The van der Waals surface area contributed by atoms with Crippen LogP contribution in [0.3, 0.4) is 0 Å². The van der Waals surface area contributed by atoms with E-state index in [9.17, 15) is 19.6 Å². The number of nitrogens with zero attached hydrogens (tertiary/aromatic N) is 1. The Balaban J connectivity index is 1.89.